The summed E-state index contributed by atoms with van der Waals surface area (Å²) in [7, 11) is 0. The number of aliphatic hydroxyl groups excluding tert-OH is 3. The molecule has 0 aromatic heterocycles. The monoisotopic (exact) mass is 382 g/mol. The summed E-state index contributed by atoms with van der Waals surface area (Å²) in [6, 6.07) is 0. The SMILES string of the molecule is CCCCC[C@H](O)/C=C/[C@H]1[C@H](C/C=C\CCCCCC(=O)O)[C@@H](O)C[C@H]1O. The highest BCUT2D eigenvalue weighted by Gasteiger charge is 2.39. The van der Waals surface area contributed by atoms with Crippen LogP contribution in [-0.4, -0.2) is 44.7 Å². The number of hydrogen-bond acceptors (Lipinski definition) is 4. The minimum atomic E-state index is -0.742. The molecule has 0 aliphatic heterocycles. The van der Waals surface area contributed by atoms with E-state index in [0.29, 0.717) is 19.3 Å². The van der Waals surface area contributed by atoms with E-state index >= 15 is 0 Å². The summed E-state index contributed by atoms with van der Waals surface area (Å²) in [5.74, 6) is -0.891. The lowest BCUT2D eigenvalue weighted by molar-refractivity contribution is -0.137. The van der Waals surface area contributed by atoms with Crippen molar-refractivity contribution in [3.63, 3.8) is 0 Å². The molecule has 27 heavy (non-hydrogen) atoms. The first kappa shape index (κ1) is 23.9. The van der Waals surface area contributed by atoms with Crippen molar-refractivity contribution >= 4 is 5.97 Å². The minimum Gasteiger partial charge on any atom is -0.481 e. The Morgan fingerprint density at radius 1 is 1.07 bits per heavy atom. The van der Waals surface area contributed by atoms with Crippen molar-refractivity contribution in [1.82, 2.24) is 0 Å². The Balaban J connectivity index is 2.37. The van der Waals surface area contributed by atoms with Crippen LogP contribution in [0.3, 0.4) is 0 Å². The summed E-state index contributed by atoms with van der Waals surface area (Å²) < 4.78 is 0. The highest BCUT2D eigenvalue weighted by molar-refractivity contribution is 5.66. The maximum atomic E-state index is 10.5. The van der Waals surface area contributed by atoms with Crippen LogP contribution in [0.2, 0.25) is 0 Å². The molecule has 1 aliphatic carbocycles. The summed E-state index contributed by atoms with van der Waals surface area (Å²) in [5, 5.41) is 39.1. The molecule has 0 heterocycles. The van der Waals surface area contributed by atoms with Gasteiger partial charge in [0.05, 0.1) is 18.3 Å². The topological polar surface area (TPSA) is 98.0 Å². The van der Waals surface area contributed by atoms with Crippen molar-refractivity contribution in [2.45, 2.75) is 95.9 Å². The number of hydrogen-bond donors (Lipinski definition) is 4. The molecule has 0 saturated heterocycles. The quantitative estimate of drug-likeness (QED) is 0.270. The third kappa shape index (κ3) is 10.1. The Labute approximate surface area is 163 Å². The minimum absolute atomic E-state index is 0.0256. The highest BCUT2D eigenvalue weighted by atomic mass is 16.4. The zero-order valence-corrected chi connectivity index (χ0v) is 16.7. The number of aliphatic carboxylic acids is 1. The number of unbranched alkanes of at least 4 members (excludes halogenated alkanes) is 5. The van der Waals surface area contributed by atoms with E-state index in [4.69, 9.17) is 5.11 Å². The van der Waals surface area contributed by atoms with Gasteiger partial charge in [-0.05, 0) is 38.0 Å². The maximum absolute atomic E-state index is 10.5. The molecule has 4 N–H and O–H groups in total. The van der Waals surface area contributed by atoms with E-state index < -0.39 is 24.3 Å². The Morgan fingerprint density at radius 2 is 1.85 bits per heavy atom. The molecule has 156 valence electrons. The molecule has 0 aromatic carbocycles. The number of aliphatic hydroxyl groups is 3. The van der Waals surface area contributed by atoms with Crippen LogP contribution in [0.5, 0.6) is 0 Å². The van der Waals surface area contributed by atoms with Crippen molar-refractivity contribution in [3.8, 4) is 0 Å². The summed E-state index contributed by atoms with van der Waals surface area (Å²) >= 11 is 0. The molecule has 0 bridgehead atoms. The van der Waals surface area contributed by atoms with Gasteiger partial charge in [-0.15, -0.1) is 0 Å². The van der Waals surface area contributed by atoms with Gasteiger partial charge < -0.3 is 20.4 Å². The normalized spacial score (nSPS) is 27.0. The standard InChI is InChI=1S/C22H38O5/c1-2-3-8-11-17(23)14-15-19-18(20(24)16-21(19)25)12-9-6-4-5-7-10-13-22(26)27/h6,9,14-15,17-21,23-25H,2-5,7-8,10-13,16H2,1H3,(H,26,27)/b9-6-,15-14+/t17-,18-,19-,20-,21+/m0/s1. The number of carbonyl (C=O) groups is 1. The van der Waals surface area contributed by atoms with Crippen molar-refractivity contribution in [3.05, 3.63) is 24.3 Å². The van der Waals surface area contributed by atoms with Crippen LogP contribution in [0.15, 0.2) is 24.3 Å². The van der Waals surface area contributed by atoms with Crippen molar-refractivity contribution < 1.29 is 25.2 Å². The third-order valence-electron chi connectivity index (χ3n) is 5.41. The lowest BCUT2D eigenvalue weighted by Crippen LogP contribution is -2.20. The Bertz CT molecular complexity index is 460. The fourth-order valence-corrected chi connectivity index (χ4v) is 3.75. The summed E-state index contributed by atoms with van der Waals surface area (Å²) in [5.41, 5.74) is 0. The first-order chi connectivity index (χ1) is 13.0. The maximum Gasteiger partial charge on any atom is 0.303 e. The van der Waals surface area contributed by atoms with Gasteiger partial charge in [0, 0.05) is 18.8 Å². The summed E-state index contributed by atoms with van der Waals surface area (Å²) in [6.07, 6.45) is 15.0. The summed E-state index contributed by atoms with van der Waals surface area (Å²) in [4.78, 5) is 10.5. The Morgan fingerprint density at radius 3 is 2.56 bits per heavy atom. The second-order valence-corrected chi connectivity index (χ2v) is 7.76. The molecule has 0 aromatic rings. The average molecular weight is 383 g/mol. The third-order valence-corrected chi connectivity index (χ3v) is 5.41. The molecule has 0 unspecified atom stereocenters. The van der Waals surface area contributed by atoms with Gasteiger partial charge in [0.2, 0.25) is 0 Å². The van der Waals surface area contributed by atoms with Crippen LogP contribution in [0.25, 0.3) is 0 Å². The second-order valence-electron chi connectivity index (χ2n) is 7.76. The average Bonchev–Trinajstić information content (AvgIpc) is 2.88. The van der Waals surface area contributed by atoms with Crippen LogP contribution in [0.1, 0.15) is 77.6 Å². The zero-order valence-electron chi connectivity index (χ0n) is 16.7. The van der Waals surface area contributed by atoms with E-state index in [2.05, 4.69) is 19.1 Å². The van der Waals surface area contributed by atoms with Crippen LogP contribution in [0.4, 0.5) is 0 Å². The number of rotatable bonds is 14. The molecule has 0 radical (unpaired) electrons. The van der Waals surface area contributed by atoms with Crippen LogP contribution < -0.4 is 0 Å². The van der Waals surface area contributed by atoms with Gasteiger partial charge in [-0.2, -0.15) is 0 Å². The van der Waals surface area contributed by atoms with Gasteiger partial charge in [0.15, 0.2) is 0 Å². The van der Waals surface area contributed by atoms with Crippen LogP contribution >= 0.6 is 0 Å². The Hall–Kier alpha value is -1.17. The number of allylic oxidation sites excluding steroid dienone is 2. The molecule has 0 amide bonds. The Kier molecular flexibility index (Phi) is 12.3. The molecule has 1 aliphatic rings. The lowest BCUT2D eigenvalue weighted by atomic mass is 9.89. The first-order valence-corrected chi connectivity index (χ1v) is 10.5. The first-order valence-electron chi connectivity index (χ1n) is 10.5. The van der Waals surface area contributed by atoms with Crippen LogP contribution in [0, 0.1) is 11.8 Å². The molecular formula is C22H38O5. The zero-order chi connectivity index (χ0) is 20.1. The predicted octanol–water partition coefficient (Wildman–Crippen LogP) is 3.82. The van der Waals surface area contributed by atoms with Crippen molar-refractivity contribution in [1.29, 1.82) is 0 Å². The van der Waals surface area contributed by atoms with Gasteiger partial charge in [0.1, 0.15) is 0 Å². The molecule has 5 atom stereocenters. The molecule has 5 nitrogen and oxygen atoms in total. The van der Waals surface area contributed by atoms with E-state index in [1.54, 1.807) is 6.08 Å². The van der Waals surface area contributed by atoms with Gasteiger partial charge in [0.25, 0.3) is 0 Å². The van der Waals surface area contributed by atoms with E-state index in [1.165, 1.54) is 0 Å². The molecule has 1 rings (SSSR count). The highest BCUT2D eigenvalue weighted by Crippen LogP contribution is 2.36. The lowest BCUT2D eigenvalue weighted by Gasteiger charge is -2.19. The van der Waals surface area contributed by atoms with Gasteiger partial charge in [-0.1, -0.05) is 56.9 Å². The second kappa shape index (κ2) is 13.9. The molecule has 5 heteroatoms. The van der Waals surface area contributed by atoms with Crippen LogP contribution in [-0.2, 0) is 4.79 Å². The van der Waals surface area contributed by atoms with E-state index in [1.807, 2.05) is 6.08 Å². The van der Waals surface area contributed by atoms with E-state index in [-0.39, 0.29) is 18.3 Å². The van der Waals surface area contributed by atoms with Gasteiger partial charge in [-0.3, -0.25) is 4.79 Å². The molecule has 0 spiro atoms. The fraction of sp³-hybridized carbons (Fsp3) is 0.773. The largest absolute Gasteiger partial charge is 0.481 e. The number of carboxylic acid groups (broad SMARTS) is 1. The van der Waals surface area contributed by atoms with Crippen molar-refractivity contribution in [2.24, 2.45) is 11.8 Å². The van der Waals surface area contributed by atoms with E-state index in [0.717, 1.165) is 44.9 Å². The molecular weight excluding hydrogens is 344 g/mol. The fourth-order valence-electron chi connectivity index (χ4n) is 3.75. The molecule has 1 saturated carbocycles. The molecule has 1 fully saturated rings. The van der Waals surface area contributed by atoms with Crippen molar-refractivity contribution in [2.75, 3.05) is 0 Å². The predicted molar refractivity (Wildman–Crippen MR) is 107 cm³/mol. The van der Waals surface area contributed by atoms with E-state index in [9.17, 15) is 20.1 Å². The smallest absolute Gasteiger partial charge is 0.303 e. The summed E-state index contributed by atoms with van der Waals surface area (Å²) in [6.45, 7) is 2.13. The number of carboxylic acids is 1. The van der Waals surface area contributed by atoms with Gasteiger partial charge in [-0.25, -0.2) is 0 Å². The van der Waals surface area contributed by atoms with Gasteiger partial charge >= 0.3 is 5.97 Å².